The summed E-state index contributed by atoms with van der Waals surface area (Å²) in [7, 11) is 0. The molecule has 2 aromatic rings. The topological polar surface area (TPSA) is 113 Å². The van der Waals surface area contributed by atoms with Crippen molar-refractivity contribution in [3.8, 4) is 6.07 Å². The lowest BCUT2D eigenvalue weighted by Gasteiger charge is -2.17. The molecular weight excluding hydrogens is 452 g/mol. The van der Waals surface area contributed by atoms with E-state index in [1.54, 1.807) is 37.3 Å². The van der Waals surface area contributed by atoms with Crippen molar-refractivity contribution in [3.05, 3.63) is 68.2 Å². The predicted molar refractivity (Wildman–Crippen MR) is 133 cm³/mol. The summed E-state index contributed by atoms with van der Waals surface area (Å²) >= 11 is 1.05. The maximum absolute atomic E-state index is 12.7. The quantitative estimate of drug-likeness (QED) is 0.274. The molecule has 176 valence electrons. The second-order valence-electron chi connectivity index (χ2n) is 8.00. The molecule has 2 N–H and O–H groups in total. The Balaban J connectivity index is 2.42. The highest BCUT2D eigenvalue weighted by Gasteiger charge is 2.21. The summed E-state index contributed by atoms with van der Waals surface area (Å²) in [6, 6.07) is 8.88. The Kier molecular flexibility index (Phi) is 9.00. The van der Waals surface area contributed by atoms with Gasteiger partial charge < -0.3 is 15.4 Å². The lowest BCUT2D eigenvalue weighted by atomic mass is 9.95. The fourth-order valence-corrected chi connectivity index (χ4v) is 3.49. The van der Waals surface area contributed by atoms with Crippen LogP contribution in [0, 0.1) is 16.7 Å². The monoisotopic (exact) mass is 478 g/mol. The third kappa shape index (κ3) is 6.96. The van der Waals surface area contributed by atoms with E-state index in [0.29, 0.717) is 22.6 Å². The molecule has 1 aromatic heterocycles. The van der Waals surface area contributed by atoms with Crippen LogP contribution in [0.25, 0.3) is 11.5 Å². The van der Waals surface area contributed by atoms with Crippen LogP contribution in [-0.4, -0.2) is 23.1 Å². The van der Waals surface area contributed by atoms with Gasteiger partial charge in [-0.1, -0.05) is 62.3 Å². The van der Waals surface area contributed by atoms with Gasteiger partial charge in [0.15, 0.2) is 5.57 Å². The van der Waals surface area contributed by atoms with Crippen LogP contribution >= 0.6 is 11.3 Å². The van der Waals surface area contributed by atoms with Crippen LogP contribution in [-0.2, 0) is 20.9 Å². The van der Waals surface area contributed by atoms with Crippen molar-refractivity contribution in [1.29, 1.82) is 5.26 Å². The molecule has 1 heterocycles. The molecule has 8 nitrogen and oxygen atoms in total. The normalized spacial score (nSPS) is 10.2. The van der Waals surface area contributed by atoms with Crippen LogP contribution < -0.4 is 25.4 Å². The van der Waals surface area contributed by atoms with E-state index in [4.69, 9.17) is 4.74 Å². The zero-order chi connectivity index (χ0) is 25.3. The van der Waals surface area contributed by atoms with Gasteiger partial charge in [0.25, 0.3) is 5.56 Å². The predicted octanol–water partition coefficient (Wildman–Crippen LogP) is 2.48. The highest BCUT2D eigenvalue weighted by atomic mass is 32.1. The third-order valence-electron chi connectivity index (χ3n) is 4.32. The molecule has 0 saturated carbocycles. The molecule has 0 radical (unpaired) electrons. The fraction of sp³-hybridized carbons (Fsp3) is 0.280. The Hall–Kier alpha value is -4.08. The number of amides is 1. The number of benzene rings is 1. The van der Waals surface area contributed by atoms with Crippen molar-refractivity contribution in [1.82, 2.24) is 4.57 Å². The van der Waals surface area contributed by atoms with Crippen LogP contribution in [0.15, 0.2) is 53.5 Å². The van der Waals surface area contributed by atoms with E-state index in [0.717, 1.165) is 11.3 Å². The van der Waals surface area contributed by atoms with Gasteiger partial charge in [-0.3, -0.25) is 14.2 Å². The Bertz CT molecular complexity index is 1390. The van der Waals surface area contributed by atoms with Crippen LogP contribution in [0.4, 0.5) is 11.4 Å². The second-order valence-corrected chi connectivity index (χ2v) is 9.00. The number of hydrogen-bond donors (Lipinski definition) is 2. The molecule has 0 aliphatic heterocycles. The number of ether oxygens (including phenoxy) is 1. The summed E-state index contributed by atoms with van der Waals surface area (Å²) in [5, 5.41) is 15.1. The second kappa shape index (κ2) is 11.7. The summed E-state index contributed by atoms with van der Waals surface area (Å²) in [5.41, 5.74) is 5.72. The number of esters is 1. The number of nitrogens with zero attached hydrogens (tertiary/aromatic N) is 2. The van der Waals surface area contributed by atoms with E-state index in [-0.39, 0.29) is 28.2 Å². The van der Waals surface area contributed by atoms with Crippen LogP contribution in [0.2, 0.25) is 0 Å². The number of nitrogens with one attached hydrogen (secondary N) is 2. The molecule has 0 aliphatic carbocycles. The highest BCUT2D eigenvalue weighted by Crippen LogP contribution is 2.19. The summed E-state index contributed by atoms with van der Waals surface area (Å²) in [6.45, 7) is 11.0. The van der Waals surface area contributed by atoms with Gasteiger partial charge in [-0.15, -0.1) is 0 Å². The maximum Gasteiger partial charge on any atom is 0.357 e. The molecule has 1 aromatic carbocycles. The lowest BCUT2D eigenvalue weighted by molar-refractivity contribution is -0.137. The van der Waals surface area contributed by atoms with Gasteiger partial charge in [0.05, 0.1) is 0 Å². The van der Waals surface area contributed by atoms with Crippen molar-refractivity contribution >= 4 is 46.1 Å². The standard InChI is InChI=1S/C25H26N4O4S/c1-6-13-33-23(31)17(16-26)14-21-29(7-2)22(30)20(34-21)11-12-27-18-9-8-10-19(15-18)28-24(32)25(3,4)5/h6,8-10,12,15,27H,1,7,13H2,2-5H3,(H,28,32). The Morgan fingerprint density at radius 2 is 2.00 bits per heavy atom. The molecule has 1 amide bonds. The number of carbonyl (C=O) groups excluding carboxylic acids is 2. The van der Waals surface area contributed by atoms with Gasteiger partial charge in [0.1, 0.15) is 21.9 Å². The molecule has 2 rings (SSSR count). The van der Waals surface area contributed by atoms with Gasteiger partial charge in [-0.25, -0.2) is 4.79 Å². The number of anilines is 2. The zero-order valence-corrected chi connectivity index (χ0v) is 20.3. The van der Waals surface area contributed by atoms with Gasteiger partial charge in [-0.2, -0.15) is 5.26 Å². The Morgan fingerprint density at radius 1 is 1.29 bits per heavy atom. The Morgan fingerprint density at radius 3 is 2.62 bits per heavy atom. The van der Waals surface area contributed by atoms with Gasteiger partial charge >= 0.3 is 5.97 Å². The minimum absolute atomic E-state index is 0.0365. The summed E-state index contributed by atoms with van der Waals surface area (Å²) in [5.74, 6) is -0.945. The third-order valence-corrected chi connectivity index (χ3v) is 5.34. The summed E-state index contributed by atoms with van der Waals surface area (Å²) in [4.78, 5) is 36.9. The molecule has 0 saturated heterocycles. The van der Waals surface area contributed by atoms with Crippen molar-refractivity contribution in [2.75, 3.05) is 17.2 Å². The first kappa shape index (κ1) is 26.2. The number of carbonyl (C=O) groups is 2. The number of thiazole rings is 1. The van der Waals surface area contributed by atoms with E-state index < -0.39 is 11.4 Å². The number of nitriles is 1. The smallest absolute Gasteiger partial charge is 0.357 e. The van der Waals surface area contributed by atoms with Crippen LogP contribution in [0.1, 0.15) is 27.7 Å². The number of hydrogen-bond acceptors (Lipinski definition) is 7. The zero-order valence-electron chi connectivity index (χ0n) is 19.5. The lowest BCUT2D eigenvalue weighted by Crippen LogP contribution is -2.30. The van der Waals surface area contributed by atoms with Crippen LogP contribution in [0.5, 0.6) is 0 Å². The molecule has 0 spiro atoms. The van der Waals surface area contributed by atoms with E-state index in [1.165, 1.54) is 16.8 Å². The van der Waals surface area contributed by atoms with E-state index in [9.17, 15) is 19.6 Å². The average Bonchev–Trinajstić information content (AvgIpc) is 3.09. The summed E-state index contributed by atoms with van der Waals surface area (Å²) in [6.07, 6.45) is 2.87. The number of aromatic nitrogens is 1. The molecule has 0 aliphatic rings. The van der Waals surface area contributed by atoms with Gasteiger partial charge in [0, 0.05) is 29.5 Å². The molecular formula is C25H26N4O4S. The fourth-order valence-electron chi connectivity index (χ4n) is 2.51. The molecule has 0 atom stereocenters. The minimum Gasteiger partial charge on any atom is -0.457 e. The maximum atomic E-state index is 12.7. The molecule has 9 heteroatoms. The molecule has 0 unspecified atom stereocenters. The minimum atomic E-state index is -0.841. The van der Waals surface area contributed by atoms with Gasteiger partial charge in [0.2, 0.25) is 5.91 Å². The molecule has 0 fully saturated rings. The summed E-state index contributed by atoms with van der Waals surface area (Å²) < 4.78 is 6.84. The van der Waals surface area contributed by atoms with Crippen molar-refractivity contribution in [3.63, 3.8) is 0 Å². The largest absolute Gasteiger partial charge is 0.457 e. The van der Waals surface area contributed by atoms with Gasteiger partial charge in [-0.05, 0) is 25.1 Å². The van der Waals surface area contributed by atoms with Crippen molar-refractivity contribution in [2.45, 2.75) is 34.2 Å². The first-order valence-corrected chi connectivity index (χ1v) is 11.2. The number of rotatable bonds is 7. The first-order valence-electron chi connectivity index (χ1n) is 10.4. The van der Waals surface area contributed by atoms with Crippen LogP contribution in [0.3, 0.4) is 0 Å². The highest BCUT2D eigenvalue weighted by molar-refractivity contribution is 7.07. The molecule has 0 bridgehead atoms. The van der Waals surface area contributed by atoms with Crippen molar-refractivity contribution in [2.24, 2.45) is 5.41 Å². The molecule has 34 heavy (non-hydrogen) atoms. The SMILES string of the molecule is C=CCOC(=O)C(=C=c1sc(=C=CNc2cccc(NC(=O)C(C)(C)C)c2)c(=O)n1CC)C#N. The van der Waals surface area contributed by atoms with E-state index in [2.05, 4.69) is 28.7 Å². The Labute approximate surface area is 201 Å². The van der Waals surface area contributed by atoms with E-state index in [1.807, 2.05) is 20.8 Å². The van der Waals surface area contributed by atoms with E-state index >= 15 is 0 Å². The first-order chi connectivity index (χ1) is 16.1. The van der Waals surface area contributed by atoms with Crippen molar-refractivity contribution < 1.29 is 14.3 Å². The average molecular weight is 479 g/mol.